The molecule has 0 saturated carbocycles. The Hall–Kier alpha value is -2.47. The van der Waals surface area contributed by atoms with E-state index in [2.05, 4.69) is 32.8 Å². The monoisotopic (exact) mass is 382 g/mol. The van der Waals surface area contributed by atoms with E-state index in [9.17, 15) is 4.79 Å². The number of rotatable bonds is 7. The minimum absolute atomic E-state index is 0.152. The predicted molar refractivity (Wildman–Crippen MR) is 110 cm³/mol. The molecule has 1 aliphatic heterocycles. The number of pyridine rings is 2. The van der Waals surface area contributed by atoms with Crippen LogP contribution in [0, 0.1) is 6.92 Å². The van der Waals surface area contributed by atoms with Gasteiger partial charge in [-0.25, -0.2) is 9.78 Å². The molecule has 2 aromatic heterocycles. The molecule has 150 valence electrons. The van der Waals surface area contributed by atoms with Gasteiger partial charge >= 0.3 is 5.97 Å². The summed E-state index contributed by atoms with van der Waals surface area (Å²) in [5.74, 6) is 0.451. The van der Waals surface area contributed by atoms with Gasteiger partial charge in [0.25, 0.3) is 0 Å². The second-order valence-corrected chi connectivity index (χ2v) is 7.59. The topological polar surface area (TPSA) is 58.6 Å². The molecule has 0 aromatic carbocycles. The van der Waals surface area contributed by atoms with Crippen molar-refractivity contribution >= 4 is 11.8 Å². The second kappa shape index (κ2) is 9.15. The van der Waals surface area contributed by atoms with Gasteiger partial charge in [0.1, 0.15) is 11.4 Å². The Morgan fingerprint density at radius 3 is 2.86 bits per heavy atom. The van der Waals surface area contributed by atoms with E-state index in [0.29, 0.717) is 11.6 Å². The maximum absolute atomic E-state index is 12.7. The number of hydrogen-bond acceptors (Lipinski definition) is 6. The van der Waals surface area contributed by atoms with Crippen molar-refractivity contribution in [3.05, 3.63) is 53.5 Å². The third-order valence-electron chi connectivity index (χ3n) is 5.18. The van der Waals surface area contributed by atoms with Gasteiger partial charge in [-0.1, -0.05) is 13.0 Å². The summed E-state index contributed by atoms with van der Waals surface area (Å²) in [6.07, 6.45) is 6.40. The van der Waals surface area contributed by atoms with Gasteiger partial charge < -0.3 is 9.64 Å². The maximum atomic E-state index is 12.7. The normalized spacial score (nSPS) is 16.8. The van der Waals surface area contributed by atoms with E-state index in [1.54, 1.807) is 12.4 Å². The predicted octanol–water partition coefficient (Wildman–Crippen LogP) is 3.45. The lowest BCUT2D eigenvalue weighted by molar-refractivity contribution is 0.0377. The number of aryl methyl sites for hydroxylation is 1. The molecule has 28 heavy (non-hydrogen) atoms. The summed E-state index contributed by atoms with van der Waals surface area (Å²) in [7, 11) is 0. The molecule has 6 nitrogen and oxygen atoms in total. The molecule has 1 fully saturated rings. The number of carbonyl (C=O) groups excluding carboxylic acids is 1. The maximum Gasteiger partial charge on any atom is 0.342 e. The summed E-state index contributed by atoms with van der Waals surface area (Å²) in [6, 6.07) is 6.38. The third-order valence-corrected chi connectivity index (χ3v) is 5.18. The van der Waals surface area contributed by atoms with Crippen LogP contribution in [0.3, 0.4) is 0 Å². The number of carbonyl (C=O) groups is 1. The van der Waals surface area contributed by atoms with Gasteiger partial charge in [-0.05, 0) is 57.0 Å². The first-order valence-corrected chi connectivity index (χ1v) is 10.0. The van der Waals surface area contributed by atoms with E-state index in [1.807, 2.05) is 39.1 Å². The number of ether oxygens (including phenoxy) is 1. The summed E-state index contributed by atoms with van der Waals surface area (Å²) < 4.78 is 5.47. The molecule has 0 amide bonds. The Labute approximate surface area is 167 Å². The molecule has 1 saturated heterocycles. The van der Waals surface area contributed by atoms with E-state index in [1.165, 1.54) is 5.56 Å². The molecular weight excluding hydrogens is 352 g/mol. The first-order chi connectivity index (χ1) is 13.5. The molecule has 6 heteroatoms. The SMILES string of the molecule is CCN(Cc1cccnc1)[C@@H]1CCN(c2nccc(C)c2C(=O)OC(C)C)C1. The molecule has 1 aliphatic rings. The Bertz CT molecular complexity index is 794. The lowest BCUT2D eigenvalue weighted by Gasteiger charge is -2.28. The van der Waals surface area contributed by atoms with Crippen molar-refractivity contribution in [2.45, 2.75) is 52.8 Å². The van der Waals surface area contributed by atoms with Crippen LogP contribution in [-0.2, 0) is 11.3 Å². The lowest BCUT2D eigenvalue weighted by atomic mass is 10.1. The van der Waals surface area contributed by atoms with Gasteiger partial charge in [-0.15, -0.1) is 0 Å². The van der Waals surface area contributed by atoms with Crippen LogP contribution < -0.4 is 4.90 Å². The number of aromatic nitrogens is 2. The zero-order valence-electron chi connectivity index (χ0n) is 17.3. The highest BCUT2D eigenvalue weighted by Crippen LogP contribution is 2.28. The number of likely N-dealkylation sites (N-methyl/N-ethyl adjacent to an activating group) is 1. The summed E-state index contributed by atoms with van der Waals surface area (Å²) in [5.41, 5.74) is 2.71. The minimum atomic E-state index is -0.290. The first kappa shape index (κ1) is 20.3. The average molecular weight is 383 g/mol. The Kier molecular flexibility index (Phi) is 6.62. The van der Waals surface area contributed by atoms with Crippen LogP contribution >= 0.6 is 0 Å². The van der Waals surface area contributed by atoms with Crippen LogP contribution in [0.1, 0.15) is 48.7 Å². The number of hydrogen-bond donors (Lipinski definition) is 0. The molecule has 0 unspecified atom stereocenters. The van der Waals surface area contributed by atoms with E-state index in [0.717, 1.165) is 44.0 Å². The fourth-order valence-corrected chi connectivity index (χ4v) is 3.77. The van der Waals surface area contributed by atoms with Crippen LogP contribution in [0.25, 0.3) is 0 Å². The largest absolute Gasteiger partial charge is 0.459 e. The van der Waals surface area contributed by atoms with Gasteiger partial charge in [0.2, 0.25) is 0 Å². The summed E-state index contributed by atoms with van der Waals surface area (Å²) in [5, 5.41) is 0. The van der Waals surface area contributed by atoms with Crippen LogP contribution in [0.15, 0.2) is 36.8 Å². The van der Waals surface area contributed by atoms with Crippen molar-refractivity contribution in [3.63, 3.8) is 0 Å². The molecule has 0 radical (unpaired) electrons. The number of nitrogens with zero attached hydrogens (tertiary/aromatic N) is 4. The Morgan fingerprint density at radius 2 is 2.18 bits per heavy atom. The second-order valence-electron chi connectivity index (χ2n) is 7.59. The van der Waals surface area contributed by atoms with Gasteiger partial charge in [0.15, 0.2) is 0 Å². The molecular formula is C22H30N4O2. The number of esters is 1. The molecule has 0 bridgehead atoms. The quantitative estimate of drug-likeness (QED) is 0.684. The molecule has 0 aliphatic carbocycles. The van der Waals surface area contributed by atoms with E-state index < -0.39 is 0 Å². The Morgan fingerprint density at radius 1 is 1.36 bits per heavy atom. The van der Waals surface area contributed by atoms with Gasteiger partial charge in [0.05, 0.1) is 6.10 Å². The highest BCUT2D eigenvalue weighted by atomic mass is 16.5. The minimum Gasteiger partial charge on any atom is -0.459 e. The Balaban J connectivity index is 1.76. The molecule has 3 heterocycles. The zero-order chi connectivity index (χ0) is 20.1. The number of anilines is 1. The van der Waals surface area contributed by atoms with Crippen LogP contribution in [0.2, 0.25) is 0 Å². The third kappa shape index (κ3) is 4.68. The molecule has 2 aromatic rings. The smallest absolute Gasteiger partial charge is 0.342 e. The molecule has 0 N–H and O–H groups in total. The molecule has 1 atom stereocenters. The summed E-state index contributed by atoms with van der Waals surface area (Å²) in [6.45, 7) is 11.5. The summed E-state index contributed by atoms with van der Waals surface area (Å²) >= 11 is 0. The lowest BCUT2D eigenvalue weighted by Crippen LogP contribution is -2.37. The molecule has 0 spiro atoms. The van der Waals surface area contributed by atoms with E-state index in [-0.39, 0.29) is 12.1 Å². The van der Waals surface area contributed by atoms with Crippen LogP contribution in [0.4, 0.5) is 5.82 Å². The van der Waals surface area contributed by atoms with Gasteiger partial charge in [-0.2, -0.15) is 0 Å². The first-order valence-electron chi connectivity index (χ1n) is 10.0. The van der Waals surface area contributed by atoms with Crippen molar-refractivity contribution < 1.29 is 9.53 Å². The van der Waals surface area contributed by atoms with Crippen molar-refractivity contribution in [2.75, 3.05) is 24.5 Å². The van der Waals surface area contributed by atoms with E-state index in [4.69, 9.17) is 4.74 Å². The molecule has 3 rings (SSSR count). The summed E-state index contributed by atoms with van der Waals surface area (Å²) in [4.78, 5) is 26.1. The van der Waals surface area contributed by atoms with Crippen molar-refractivity contribution in [1.29, 1.82) is 0 Å². The zero-order valence-corrected chi connectivity index (χ0v) is 17.3. The van der Waals surface area contributed by atoms with Gasteiger partial charge in [0, 0.05) is 44.3 Å². The average Bonchev–Trinajstić information content (AvgIpc) is 3.16. The highest BCUT2D eigenvalue weighted by Gasteiger charge is 2.31. The van der Waals surface area contributed by atoms with Crippen molar-refractivity contribution in [1.82, 2.24) is 14.9 Å². The van der Waals surface area contributed by atoms with Crippen LogP contribution in [0.5, 0.6) is 0 Å². The highest BCUT2D eigenvalue weighted by molar-refractivity contribution is 5.96. The van der Waals surface area contributed by atoms with E-state index >= 15 is 0 Å². The van der Waals surface area contributed by atoms with Gasteiger partial charge in [-0.3, -0.25) is 9.88 Å². The fraction of sp³-hybridized carbons (Fsp3) is 0.500. The van der Waals surface area contributed by atoms with Crippen LogP contribution in [-0.4, -0.2) is 52.6 Å². The standard InChI is InChI=1S/C22H30N4O2/c1-5-25(14-18-7-6-10-23-13-18)19-9-12-26(15-19)21-20(17(4)8-11-24-21)22(27)28-16(2)3/h6-8,10-11,13,16,19H,5,9,12,14-15H2,1-4H3/t19-/m1/s1. The fourth-order valence-electron chi connectivity index (χ4n) is 3.77. The van der Waals surface area contributed by atoms with Crippen molar-refractivity contribution in [3.8, 4) is 0 Å². The van der Waals surface area contributed by atoms with Crippen molar-refractivity contribution in [2.24, 2.45) is 0 Å².